The molecule has 2 aromatic rings. The van der Waals surface area contributed by atoms with Crippen LogP contribution in [-0.4, -0.2) is 32.0 Å². The molecule has 5 nitrogen and oxygen atoms in total. The van der Waals surface area contributed by atoms with Gasteiger partial charge >= 0.3 is 0 Å². The van der Waals surface area contributed by atoms with Crippen LogP contribution in [0.25, 0.3) is 11.4 Å². The number of hydrogen-bond donors (Lipinski definition) is 1. The molecule has 0 saturated heterocycles. The number of rotatable bonds is 6. The van der Waals surface area contributed by atoms with Crippen LogP contribution in [0.5, 0.6) is 0 Å². The Hall–Kier alpha value is -1.53. The van der Waals surface area contributed by atoms with Gasteiger partial charge in [-0.25, -0.2) is 0 Å². The average Bonchev–Trinajstić information content (AvgIpc) is 2.88. The van der Waals surface area contributed by atoms with Crippen LogP contribution in [0, 0.1) is 0 Å². The van der Waals surface area contributed by atoms with Crippen LogP contribution in [0.3, 0.4) is 0 Å². The number of carbonyl (C=O) groups is 1. The lowest BCUT2D eigenvalue weighted by atomic mass is 10.1. The molecule has 7 heteroatoms. The van der Waals surface area contributed by atoms with E-state index in [-0.39, 0.29) is 11.2 Å². The van der Waals surface area contributed by atoms with Gasteiger partial charge in [0.1, 0.15) is 0 Å². The summed E-state index contributed by atoms with van der Waals surface area (Å²) in [6.45, 7) is 4.72. The fraction of sp³-hybridized carbons (Fsp3) is 0.550. The molecule has 1 saturated carbocycles. The Morgan fingerprint density at radius 2 is 2.04 bits per heavy atom. The molecule has 0 aliphatic heterocycles. The van der Waals surface area contributed by atoms with Gasteiger partial charge in [0.05, 0.1) is 5.25 Å². The van der Waals surface area contributed by atoms with Crippen molar-refractivity contribution in [1.82, 2.24) is 20.1 Å². The molecule has 0 unspecified atom stereocenters. The third-order valence-electron chi connectivity index (χ3n) is 4.97. The van der Waals surface area contributed by atoms with Crippen molar-refractivity contribution < 1.29 is 4.79 Å². The van der Waals surface area contributed by atoms with Gasteiger partial charge in [-0.3, -0.25) is 4.79 Å². The minimum atomic E-state index is -0.213. The summed E-state index contributed by atoms with van der Waals surface area (Å²) < 4.78 is 2.03. The smallest absolute Gasteiger partial charge is 0.233 e. The summed E-state index contributed by atoms with van der Waals surface area (Å²) >= 11 is 7.57. The zero-order chi connectivity index (χ0) is 19.2. The molecular weight excluding hydrogens is 380 g/mol. The second-order valence-electron chi connectivity index (χ2n) is 7.02. The van der Waals surface area contributed by atoms with Crippen LogP contribution in [0.2, 0.25) is 5.02 Å². The molecule has 1 N–H and O–H groups in total. The number of thioether (sulfide) groups is 1. The minimum Gasteiger partial charge on any atom is -0.352 e. The Kier molecular flexibility index (Phi) is 7.19. The molecule has 1 aliphatic carbocycles. The van der Waals surface area contributed by atoms with Gasteiger partial charge in [-0.05, 0) is 38.8 Å². The number of aromatic nitrogens is 3. The van der Waals surface area contributed by atoms with Crippen LogP contribution in [0.15, 0.2) is 29.4 Å². The summed E-state index contributed by atoms with van der Waals surface area (Å²) in [7, 11) is 0. The SMILES string of the molecule is CCn1c(S[C@H](C)C(=O)NC2CCCCCC2)nnc1-c1cccc(Cl)c1. The number of nitrogens with one attached hydrogen (secondary N) is 1. The number of amides is 1. The Morgan fingerprint density at radius 3 is 2.70 bits per heavy atom. The second-order valence-corrected chi connectivity index (χ2v) is 8.76. The van der Waals surface area contributed by atoms with E-state index in [9.17, 15) is 4.79 Å². The predicted octanol–water partition coefficient (Wildman–Crippen LogP) is 4.94. The molecule has 1 aliphatic rings. The second kappa shape index (κ2) is 9.60. The van der Waals surface area contributed by atoms with Gasteiger partial charge in [-0.2, -0.15) is 0 Å². The number of carbonyl (C=O) groups excluding carboxylic acids is 1. The lowest BCUT2D eigenvalue weighted by molar-refractivity contribution is -0.121. The van der Waals surface area contributed by atoms with E-state index in [1.54, 1.807) is 0 Å². The third-order valence-corrected chi connectivity index (χ3v) is 6.28. The topological polar surface area (TPSA) is 59.8 Å². The number of halogens is 1. The van der Waals surface area contributed by atoms with Crippen molar-refractivity contribution in [3.63, 3.8) is 0 Å². The van der Waals surface area contributed by atoms with Crippen LogP contribution in [0.4, 0.5) is 0 Å². The summed E-state index contributed by atoms with van der Waals surface area (Å²) in [5.41, 5.74) is 0.930. The third kappa shape index (κ3) is 5.26. The van der Waals surface area contributed by atoms with Crippen molar-refractivity contribution in [1.29, 1.82) is 0 Å². The average molecular weight is 407 g/mol. The maximum Gasteiger partial charge on any atom is 0.233 e. The van der Waals surface area contributed by atoms with E-state index < -0.39 is 0 Å². The first-order valence-electron chi connectivity index (χ1n) is 9.74. The standard InChI is InChI=1S/C20H27ClN4OS/c1-3-25-18(15-9-8-10-16(21)13-15)23-24-20(25)27-14(2)19(26)22-17-11-6-4-5-7-12-17/h8-10,13-14,17H,3-7,11-12H2,1-2H3,(H,22,26)/t14-/m1/s1. The predicted molar refractivity (Wildman–Crippen MR) is 111 cm³/mol. The highest BCUT2D eigenvalue weighted by Gasteiger charge is 2.23. The summed E-state index contributed by atoms with van der Waals surface area (Å²) in [6.07, 6.45) is 7.16. The molecule has 1 amide bonds. The van der Waals surface area contributed by atoms with Gasteiger partial charge in [0, 0.05) is 23.2 Å². The number of nitrogens with zero attached hydrogens (tertiary/aromatic N) is 3. The van der Waals surface area contributed by atoms with Crippen molar-refractivity contribution in [3.05, 3.63) is 29.3 Å². The lowest BCUT2D eigenvalue weighted by Gasteiger charge is -2.19. The van der Waals surface area contributed by atoms with Crippen LogP contribution >= 0.6 is 23.4 Å². The molecule has 1 aromatic carbocycles. The fourth-order valence-electron chi connectivity index (χ4n) is 3.46. The van der Waals surface area contributed by atoms with Gasteiger partial charge < -0.3 is 9.88 Å². The largest absolute Gasteiger partial charge is 0.352 e. The minimum absolute atomic E-state index is 0.0851. The van der Waals surface area contributed by atoms with E-state index in [4.69, 9.17) is 11.6 Å². The number of hydrogen-bond acceptors (Lipinski definition) is 4. The van der Waals surface area contributed by atoms with Crippen molar-refractivity contribution in [2.24, 2.45) is 0 Å². The molecule has 0 spiro atoms. The quantitative estimate of drug-likeness (QED) is 0.545. The van der Waals surface area contributed by atoms with E-state index in [0.717, 1.165) is 35.9 Å². The first-order valence-corrected chi connectivity index (χ1v) is 11.0. The van der Waals surface area contributed by atoms with Gasteiger partial charge in [-0.15, -0.1) is 10.2 Å². The monoisotopic (exact) mass is 406 g/mol. The van der Waals surface area contributed by atoms with Crippen molar-refractivity contribution in [2.45, 2.75) is 75.4 Å². The van der Waals surface area contributed by atoms with Crippen LogP contribution in [-0.2, 0) is 11.3 Å². The van der Waals surface area contributed by atoms with Crippen molar-refractivity contribution in [2.75, 3.05) is 0 Å². The molecule has 1 atom stereocenters. The van der Waals surface area contributed by atoms with Crippen LogP contribution < -0.4 is 5.32 Å². The zero-order valence-corrected chi connectivity index (χ0v) is 17.5. The summed E-state index contributed by atoms with van der Waals surface area (Å²) in [5.74, 6) is 0.862. The summed E-state index contributed by atoms with van der Waals surface area (Å²) in [6, 6.07) is 7.91. The molecule has 0 bridgehead atoms. The highest BCUT2D eigenvalue weighted by Crippen LogP contribution is 2.28. The van der Waals surface area contributed by atoms with E-state index in [1.807, 2.05) is 35.8 Å². The van der Waals surface area contributed by atoms with E-state index in [0.29, 0.717) is 11.1 Å². The Balaban J connectivity index is 1.68. The van der Waals surface area contributed by atoms with E-state index in [1.165, 1.54) is 37.4 Å². The van der Waals surface area contributed by atoms with Crippen molar-refractivity contribution >= 4 is 29.3 Å². The normalized spacial score (nSPS) is 16.7. The highest BCUT2D eigenvalue weighted by molar-refractivity contribution is 8.00. The molecule has 1 fully saturated rings. The Labute approximate surface area is 170 Å². The molecule has 1 aromatic heterocycles. The maximum absolute atomic E-state index is 12.6. The molecule has 0 radical (unpaired) electrons. The molecule has 146 valence electrons. The Bertz CT molecular complexity index is 771. The molecule has 27 heavy (non-hydrogen) atoms. The van der Waals surface area contributed by atoms with Crippen LogP contribution in [0.1, 0.15) is 52.4 Å². The molecule has 3 rings (SSSR count). The Morgan fingerprint density at radius 1 is 1.30 bits per heavy atom. The molecule has 1 heterocycles. The van der Waals surface area contributed by atoms with Gasteiger partial charge in [0.15, 0.2) is 11.0 Å². The lowest BCUT2D eigenvalue weighted by Crippen LogP contribution is -2.39. The summed E-state index contributed by atoms with van der Waals surface area (Å²) in [5, 5.41) is 13.1. The highest BCUT2D eigenvalue weighted by atomic mass is 35.5. The summed E-state index contributed by atoms with van der Waals surface area (Å²) in [4.78, 5) is 12.6. The van der Waals surface area contributed by atoms with E-state index >= 15 is 0 Å². The van der Waals surface area contributed by atoms with Gasteiger partial charge in [0.2, 0.25) is 5.91 Å². The molecular formula is C20H27ClN4OS. The first-order chi connectivity index (χ1) is 13.1. The van der Waals surface area contributed by atoms with Gasteiger partial charge in [-0.1, -0.05) is 61.2 Å². The number of benzene rings is 1. The van der Waals surface area contributed by atoms with E-state index in [2.05, 4.69) is 22.4 Å². The van der Waals surface area contributed by atoms with Crippen molar-refractivity contribution in [3.8, 4) is 11.4 Å². The first kappa shape index (κ1) is 20.2. The zero-order valence-electron chi connectivity index (χ0n) is 15.9. The fourth-order valence-corrected chi connectivity index (χ4v) is 4.57. The maximum atomic E-state index is 12.6. The van der Waals surface area contributed by atoms with Gasteiger partial charge in [0.25, 0.3) is 0 Å².